The maximum Gasteiger partial charge on any atom is 0.341 e. The Morgan fingerprint density at radius 2 is 2.07 bits per heavy atom. The molecule has 0 aliphatic heterocycles. The molecule has 2 aliphatic carbocycles. The number of amides is 1. The van der Waals surface area contributed by atoms with Crippen LogP contribution in [0.15, 0.2) is 30.3 Å². The Morgan fingerprint density at radius 1 is 1.31 bits per heavy atom. The number of thiophene rings is 1. The monoisotopic (exact) mass is 408 g/mol. The predicted octanol–water partition coefficient (Wildman–Crippen LogP) is 4.61. The minimum Gasteiger partial charge on any atom is -0.462 e. The second-order valence-electron chi connectivity index (χ2n) is 7.78. The third-order valence-electron chi connectivity index (χ3n) is 6.09. The first-order valence-corrected chi connectivity index (χ1v) is 11.0. The van der Waals surface area contributed by atoms with Crippen molar-refractivity contribution in [2.24, 2.45) is 5.92 Å². The van der Waals surface area contributed by atoms with E-state index in [9.17, 15) is 14.9 Å². The van der Waals surface area contributed by atoms with Gasteiger partial charge in [0, 0.05) is 17.2 Å². The Bertz CT molecular complexity index is 972. The molecule has 0 radical (unpaired) electrons. The van der Waals surface area contributed by atoms with Gasteiger partial charge >= 0.3 is 5.97 Å². The summed E-state index contributed by atoms with van der Waals surface area (Å²) in [7, 11) is 0. The van der Waals surface area contributed by atoms with Gasteiger partial charge in [-0.05, 0) is 43.7 Å². The van der Waals surface area contributed by atoms with Crippen LogP contribution in [0.2, 0.25) is 0 Å². The van der Waals surface area contributed by atoms with Crippen molar-refractivity contribution in [3.05, 3.63) is 51.9 Å². The molecule has 1 aromatic heterocycles. The summed E-state index contributed by atoms with van der Waals surface area (Å²) in [5.41, 5.74) is 1.80. The third kappa shape index (κ3) is 3.56. The Kier molecular flexibility index (Phi) is 5.42. The summed E-state index contributed by atoms with van der Waals surface area (Å²) in [6.07, 6.45) is 4.67. The molecule has 6 heteroatoms. The first kappa shape index (κ1) is 19.7. The quantitative estimate of drug-likeness (QED) is 0.733. The maximum absolute atomic E-state index is 12.7. The van der Waals surface area contributed by atoms with Gasteiger partial charge in [0.2, 0.25) is 5.91 Å². The maximum atomic E-state index is 12.7. The summed E-state index contributed by atoms with van der Waals surface area (Å²) >= 11 is 1.42. The van der Waals surface area contributed by atoms with Crippen LogP contribution in [0.3, 0.4) is 0 Å². The fraction of sp³-hybridized carbons (Fsp3) is 0.435. The summed E-state index contributed by atoms with van der Waals surface area (Å²) < 4.78 is 5.29. The van der Waals surface area contributed by atoms with Gasteiger partial charge in [0.1, 0.15) is 5.00 Å². The lowest BCUT2D eigenvalue weighted by molar-refractivity contribution is -0.122. The molecule has 150 valence electrons. The van der Waals surface area contributed by atoms with Crippen LogP contribution in [0, 0.1) is 17.2 Å². The molecule has 1 amide bonds. The highest BCUT2D eigenvalue weighted by atomic mass is 32.1. The number of nitrogens with one attached hydrogen (secondary N) is 1. The number of hydrogen-bond acceptors (Lipinski definition) is 5. The molecule has 1 aromatic carbocycles. The normalized spacial score (nSPS) is 20.8. The van der Waals surface area contributed by atoms with E-state index in [1.54, 1.807) is 6.92 Å². The fourth-order valence-corrected chi connectivity index (χ4v) is 5.53. The molecular formula is C23H24N2O3S. The SMILES string of the molecule is CCOC(=O)c1c(NC(=O)C2CCC2)sc2c1CC[C@@](C#N)(c1ccccc1)C2. The zero-order valence-electron chi connectivity index (χ0n) is 16.5. The predicted molar refractivity (Wildman–Crippen MR) is 112 cm³/mol. The van der Waals surface area contributed by atoms with Crippen molar-refractivity contribution in [1.82, 2.24) is 0 Å². The second-order valence-corrected chi connectivity index (χ2v) is 8.89. The number of benzene rings is 1. The molecule has 1 fully saturated rings. The number of anilines is 1. The molecule has 5 nitrogen and oxygen atoms in total. The van der Waals surface area contributed by atoms with Crippen LogP contribution in [-0.2, 0) is 27.8 Å². The molecule has 1 heterocycles. The average molecular weight is 409 g/mol. The number of carbonyl (C=O) groups excluding carboxylic acids is 2. The Balaban J connectivity index is 1.70. The largest absolute Gasteiger partial charge is 0.462 e. The van der Waals surface area contributed by atoms with E-state index in [1.165, 1.54) is 11.3 Å². The molecule has 0 spiro atoms. The number of nitrogens with zero attached hydrogens (tertiary/aromatic N) is 1. The van der Waals surface area contributed by atoms with E-state index >= 15 is 0 Å². The van der Waals surface area contributed by atoms with E-state index in [-0.39, 0.29) is 18.4 Å². The van der Waals surface area contributed by atoms with Crippen LogP contribution in [0.5, 0.6) is 0 Å². The summed E-state index contributed by atoms with van der Waals surface area (Å²) in [5.74, 6) is -0.375. The minimum atomic E-state index is -0.611. The highest BCUT2D eigenvalue weighted by Crippen LogP contribution is 2.46. The first-order chi connectivity index (χ1) is 14.1. The summed E-state index contributed by atoms with van der Waals surface area (Å²) in [4.78, 5) is 26.2. The van der Waals surface area contributed by atoms with E-state index in [0.29, 0.717) is 29.8 Å². The lowest BCUT2D eigenvalue weighted by atomic mass is 9.70. The molecule has 29 heavy (non-hydrogen) atoms. The van der Waals surface area contributed by atoms with Crippen molar-refractivity contribution < 1.29 is 14.3 Å². The van der Waals surface area contributed by atoms with E-state index in [1.807, 2.05) is 30.3 Å². The van der Waals surface area contributed by atoms with E-state index in [2.05, 4.69) is 11.4 Å². The molecule has 1 saturated carbocycles. The molecule has 1 atom stereocenters. The van der Waals surface area contributed by atoms with Gasteiger partial charge in [-0.2, -0.15) is 5.26 Å². The summed E-state index contributed by atoms with van der Waals surface area (Å²) in [6.45, 7) is 2.06. The lowest BCUT2D eigenvalue weighted by Crippen LogP contribution is -2.31. The van der Waals surface area contributed by atoms with Crippen molar-refractivity contribution in [3.63, 3.8) is 0 Å². The smallest absolute Gasteiger partial charge is 0.341 e. The van der Waals surface area contributed by atoms with Gasteiger partial charge in [0.15, 0.2) is 0 Å². The first-order valence-electron chi connectivity index (χ1n) is 10.2. The van der Waals surface area contributed by atoms with E-state index in [4.69, 9.17) is 4.74 Å². The summed E-state index contributed by atoms with van der Waals surface area (Å²) in [6, 6.07) is 12.4. The number of fused-ring (bicyclic) bond motifs is 1. The molecule has 2 aromatic rings. The number of nitriles is 1. The molecule has 0 unspecified atom stereocenters. The van der Waals surface area contributed by atoms with E-state index in [0.717, 1.165) is 35.3 Å². The average Bonchev–Trinajstić information content (AvgIpc) is 3.03. The Hall–Kier alpha value is -2.65. The molecular weight excluding hydrogens is 384 g/mol. The van der Waals surface area contributed by atoms with Crippen LogP contribution < -0.4 is 5.32 Å². The van der Waals surface area contributed by atoms with Gasteiger partial charge in [0.25, 0.3) is 0 Å². The van der Waals surface area contributed by atoms with Crippen LogP contribution in [0.25, 0.3) is 0 Å². The molecule has 1 N–H and O–H groups in total. The van der Waals surface area contributed by atoms with Crippen LogP contribution in [0.4, 0.5) is 5.00 Å². The van der Waals surface area contributed by atoms with Gasteiger partial charge in [-0.25, -0.2) is 4.79 Å². The van der Waals surface area contributed by atoms with Gasteiger partial charge in [-0.3, -0.25) is 4.79 Å². The standard InChI is InChI=1S/C23H24N2O3S/c1-2-28-22(27)19-17-11-12-23(14-24,16-9-4-3-5-10-16)13-18(17)29-21(19)25-20(26)15-7-6-8-15/h3-5,9-10,15H,2,6-8,11-13H2,1H3,(H,25,26)/t23-/m1/s1. The number of esters is 1. The van der Waals surface area contributed by atoms with Gasteiger partial charge in [0.05, 0.1) is 23.7 Å². The number of ether oxygens (including phenoxy) is 1. The van der Waals surface area contributed by atoms with Crippen molar-refractivity contribution in [2.75, 3.05) is 11.9 Å². The van der Waals surface area contributed by atoms with Crippen molar-refractivity contribution in [1.29, 1.82) is 5.26 Å². The molecule has 0 saturated heterocycles. The van der Waals surface area contributed by atoms with Crippen LogP contribution in [0.1, 0.15) is 59.0 Å². The zero-order valence-corrected chi connectivity index (χ0v) is 17.3. The third-order valence-corrected chi connectivity index (χ3v) is 7.23. The fourth-order valence-electron chi connectivity index (χ4n) is 4.18. The highest BCUT2D eigenvalue weighted by molar-refractivity contribution is 7.17. The Morgan fingerprint density at radius 3 is 2.69 bits per heavy atom. The van der Waals surface area contributed by atoms with Crippen LogP contribution in [-0.4, -0.2) is 18.5 Å². The van der Waals surface area contributed by atoms with Gasteiger partial charge in [-0.1, -0.05) is 36.8 Å². The number of hydrogen-bond donors (Lipinski definition) is 1. The van der Waals surface area contributed by atoms with Gasteiger partial charge in [-0.15, -0.1) is 11.3 Å². The number of rotatable bonds is 5. The van der Waals surface area contributed by atoms with Crippen molar-refractivity contribution in [2.45, 2.75) is 50.9 Å². The van der Waals surface area contributed by atoms with Crippen molar-refractivity contribution in [3.8, 4) is 6.07 Å². The lowest BCUT2D eigenvalue weighted by Gasteiger charge is -2.31. The second kappa shape index (κ2) is 8.00. The van der Waals surface area contributed by atoms with E-state index < -0.39 is 11.4 Å². The van der Waals surface area contributed by atoms with Crippen molar-refractivity contribution >= 4 is 28.2 Å². The highest BCUT2D eigenvalue weighted by Gasteiger charge is 2.40. The zero-order chi connectivity index (χ0) is 20.4. The number of carbonyl (C=O) groups is 2. The molecule has 4 rings (SSSR count). The van der Waals surface area contributed by atoms with Crippen LogP contribution >= 0.6 is 11.3 Å². The van der Waals surface area contributed by atoms with Gasteiger partial charge < -0.3 is 10.1 Å². The molecule has 2 aliphatic rings. The summed E-state index contributed by atoms with van der Waals surface area (Å²) in [5, 5.41) is 13.6. The molecule has 0 bridgehead atoms. The Labute approximate surface area is 174 Å². The topological polar surface area (TPSA) is 79.2 Å². The minimum absolute atomic E-state index is 0.0185.